The summed E-state index contributed by atoms with van der Waals surface area (Å²) in [6.45, 7) is 9.79. The lowest BCUT2D eigenvalue weighted by molar-refractivity contribution is 0.112. The number of aromatic nitrogens is 1. The number of nitrogens with one attached hydrogen (secondary N) is 1. The van der Waals surface area contributed by atoms with Gasteiger partial charge in [0.25, 0.3) is 0 Å². The number of anilines is 1. The second-order valence-electron chi connectivity index (χ2n) is 6.87. The second-order valence-corrected chi connectivity index (χ2v) is 6.87. The summed E-state index contributed by atoms with van der Waals surface area (Å²) in [6, 6.07) is 8.42. The molecule has 5 heteroatoms. The number of rotatable bonds is 8. The fraction of sp³-hybridized carbons (Fsp3) is 0.550. The molecule has 3 rings (SSSR count). The molecule has 0 atom stereocenters. The number of unbranched alkanes of at least 4 members (excludes halogenated alkanes) is 1. The van der Waals surface area contributed by atoms with Crippen LogP contribution in [0.25, 0.3) is 10.9 Å². The van der Waals surface area contributed by atoms with E-state index in [1.807, 2.05) is 6.20 Å². The number of aliphatic hydroxyl groups excluding tert-OH is 1. The highest BCUT2D eigenvalue weighted by Crippen LogP contribution is 2.23. The normalized spacial score (nSPS) is 16.4. The van der Waals surface area contributed by atoms with Crippen molar-refractivity contribution in [1.82, 2.24) is 14.8 Å². The molecule has 2 aromatic rings. The van der Waals surface area contributed by atoms with Crippen molar-refractivity contribution >= 4 is 16.6 Å². The smallest absolute Gasteiger partial charge is 0.0751 e. The van der Waals surface area contributed by atoms with Gasteiger partial charge in [-0.05, 0) is 37.9 Å². The molecule has 1 aromatic carbocycles. The first kappa shape index (κ1) is 18.1. The maximum absolute atomic E-state index is 8.99. The van der Waals surface area contributed by atoms with Gasteiger partial charge in [0.2, 0.25) is 0 Å². The summed E-state index contributed by atoms with van der Waals surface area (Å²) >= 11 is 0. The van der Waals surface area contributed by atoms with Crippen LogP contribution in [0.15, 0.2) is 30.5 Å². The SMILES string of the molecule is Cc1cccc2c(NCCCCN3CCN(CCO)CC3)ccnc12. The Morgan fingerprint density at radius 1 is 1.04 bits per heavy atom. The quantitative estimate of drug-likeness (QED) is 0.721. The number of piperazine rings is 1. The summed E-state index contributed by atoms with van der Waals surface area (Å²) in [5, 5.41) is 13.8. The lowest BCUT2D eigenvalue weighted by Crippen LogP contribution is -2.47. The Hall–Kier alpha value is -1.69. The molecule has 2 N–H and O–H groups in total. The van der Waals surface area contributed by atoms with Gasteiger partial charge in [-0.1, -0.05) is 18.2 Å². The number of para-hydroxylation sites is 1. The predicted octanol–water partition coefficient (Wildman–Crippen LogP) is 2.35. The Balaban J connectivity index is 1.39. The molecule has 0 unspecified atom stereocenters. The molecule has 0 spiro atoms. The van der Waals surface area contributed by atoms with Crippen LogP contribution in [0.2, 0.25) is 0 Å². The van der Waals surface area contributed by atoms with Gasteiger partial charge < -0.3 is 15.3 Å². The fourth-order valence-corrected chi connectivity index (χ4v) is 3.54. The number of fused-ring (bicyclic) bond motifs is 1. The van der Waals surface area contributed by atoms with Gasteiger partial charge in [-0.15, -0.1) is 0 Å². The highest BCUT2D eigenvalue weighted by Gasteiger charge is 2.15. The number of benzene rings is 1. The number of nitrogens with zero attached hydrogens (tertiary/aromatic N) is 3. The minimum Gasteiger partial charge on any atom is -0.395 e. The van der Waals surface area contributed by atoms with E-state index in [0.717, 1.165) is 44.8 Å². The average Bonchev–Trinajstić information content (AvgIpc) is 2.64. The summed E-state index contributed by atoms with van der Waals surface area (Å²) < 4.78 is 0. The fourth-order valence-electron chi connectivity index (χ4n) is 3.54. The topological polar surface area (TPSA) is 51.6 Å². The molecule has 0 saturated carbocycles. The van der Waals surface area contributed by atoms with Crippen LogP contribution in [0.3, 0.4) is 0 Å². The zero-order valence-electron chi connectivity index (χ0n) is 15.2. The molecule has 25 heavy (non-hydrogen) atoms. The molecule has 1 saturated heterocycles. The molecule has 1 aromatic heterocycles. The van der Waals surface area contributed by atoms with Crippen molar-refractivity contribution < 1.29 is 5.11 Å². The van der Waals surface area contributed by atoms with Gasteiger partial charge in [0.1, 0.15) is 0 Å². The van der Waals surface area contributed by atoms with Crippen molar-refractivity contribution in [2.24, 2.45) is 0 Å². The minimum atomic E-state index is 0.273. The number of hydrogen-bond acceptors (Lipinski definition) is 5. The molecule has 136 valence electrons. The van der Waals surface area contributed by atoms with E-state index < -0.39 is 0 Å². The van der Waals surface area contributed by atoms with Gasteiger partial charge >= 0.3 is 0 Å². The first-order valence-corrected chi connectivity index (χ1v) is 9.41. The average molecular weight is 342 g/mol. The Morgan fingerprint density at radius 2 is 1.80 bits per heavy atom. The van der Waals surface area contributed by atoms with E-state index >= 15 is 0 Å². The van der Waals surface area contributed by atoms with Crippen LogP contribution in [0.1, 0.15) is 18.4 Å². The van der Waals surface area contributed by atoms with Crippen LogP contribution in [0, 0.1) is 6.92 Å². The molecule has 2 heterocycles. The molecule has 0 aliphatic carbocycles. The Morgan fingerprint density at radius 3 is 2.56 bits per heavy atom. The molecule has 1 aliphatic heterocycles. The van der Waals surface area contributed by atoms with Crippen molar-refractivity contribution in [3.63, 3.8) is 0 Å². The van der Waals surface area contributed by atoms with E-state index in [1.54, 1.807) is 0 Å². The summed E-state index contributed by atoms with van der Waals surface area (Å²) in [7, 11) is 0. The van der Waals surface area contributed by atoms with E-state index in [0.29, 0.717) is 0 Å². The molecule has 0 bridgehead atoms. The van der Waals surface area contributed by atoms with Crippen molar-refractivity contribution in [2.45, 2.75) is 19.8 Å². The van der Waals surface area contributed by atoms with Crippen molar-refractivity contribution in [3.8, 4) is 0 Å². The third-order valence-corrected chi connectivity index (χ3v) is 5.07. The third-order valence-electron chi connectivity index (χ3n) is 5.07. The van der Waals surface area contributed by atoms with Gasteiger partial charge in [-0.3, -0.25) is 9.88 Å². The number of aryl methyl sites for hydroxylation is 1. The first-order chi connectivity index (χ1) is 12.3. The molecule has 1 aliphatic rings. The third kappa shape index (κ3) is 4.91. The summed E-state index contributed by atoms with van der Waals surface area (Å²) in [6.07, 6.45) is 4.28. The van der Waals surface area contributed by atoms with Gasteiger partial charge in [-0.25, -0.2) is 0 Å². The molecule has 0 amide bonds. The Bertz CT molecular complexity index is 668. The standard InChI is InChI=1S/C20H30N4O/c1-17-5-4-6-18-19(7-9-22-20(17)18)21-8-2-3-10-23-11-13-24(14-12-23)15-16-25/h4-7,9,25H,2-3,8,10-16H2,1H3,(H,21,22). The van der Waals surface area contributed by atoms with E-state index in [9.17, 15) is 0 Å². The van der Waals surface area contributed by atoms with E-state index in [-0.39, 0.29) is 6.61 Å². The molecule has 0 radical (unpaired) electrons. The minimum absolute atomic E-state index is 0.273. The summed E-state index contributed by atoms with van der Waals surface area (Å²) in [4.78, 5) is 9.38. The van der Waals surface area contributed by atoms with Crippen molar-refractivity contribution in [3.05, 3.63) is 36.0 Å². The number of hydrogen-bond donors (Lipinski definition) is 2. The summed E-state index contributed by atoms with van der Waals surface area (Å²) in [5.41, 5.74) is 3.50. The predicted molar refractivity (Wildman–Crippen MR) is 104 cm³/mol. The number of β-amino-alcohol motifs (C(OH)–C–C–N with tert-alkyl or cyclic N) is 1. The van der Waals surface area contributed by atoms with Crippen LogP contribution < -0.4 is 5.32 Å². The highest BCUT2D eigenvalue weighted by molar-refractivity contribution is 5.92. The Kier molecular flexibility index (Phi) is 6.62. The Labute approximate surface area is 150 Å². The largest absolute Gasteiger partial charge is 0.395 e. The summed E-state index contributed by atoms with van der Waals surface area (Å²) in [5.74, 6) is 0. The van der Waals surface area contributed by atoms with E-state index in [4.69, 9.17) is 5.11 Å². The van der Waals surface area contributed by atoms with Crippen molar-refractivity contribution in [2.75, 3.05) is 57.7 Å². The van der Waals surface area contributed by atoms with E-state index in [1.165, 1.54) is 36.0 Å². The molecular weight excluding hydrogens is 312 g/mol. The maximum atomic E-state index is 8.99. The van der Waals surface area contributed by atoms with Crippen molar-refractivity contribution in [1.29, 1.82) is 0 Å². The van der Waals surface area contributed by atoms with Crippen LogP contribution >= 0.6 is 0 Å². The van der Waals surface area contributed by atoms with Gasteiger partial charge in [0.05, 0.1) is 12.1 Å². The van der Waals surface area contributed by atoms with Gasteiger partial charge in [0, 0.05) is 56.5 Å². The monoisotopic (exact) mass is 342 g/mol. The van der Waals surface area contributed by atoms with Crippen LogP contribution in [0.5, 0.6) is 0 Å². The van der Waals surface area contributed by atoms with Gasteiger partial charge in [0.15, 0.2) is 0 Å². The molecule has 5 nitrogen and oxygen atoms in total. The lowest BCUT2D eigenvalue weighted by atomic mass is 10.1. The molecule has 1 fully saturated rings. The number of pyridine rings is 1. The number of aliphatic hydroxyl groups is 1. The van der Waals surface area contributed by atoms with Gasteiger partial charge in [-0.2, -0.15) is 0 Å². The van der Waals surface area contributed by atoms with Crippen LogP contribution in [0.4, 0.5) is 5.69 Å². The molecular formula is C20H30N4O. The van der Waals surface area contributed by atoms with Crippen LogP contribution in [-0.2, 0) is 0 Å². The zero-order chi connectivity index (χ0) is 17.5. The second kappa shape index (κ2) is 9.13. The zero-order valence-corrected chi connectivity index (χ0v) is 15.2. The maximum Gasteiger partial charge on any atom is 0.0751 e. The lowest BCUT2D eigenvalue weighted by Gasteiger charge is -2.34. The first-order valence-electron chi connectivity index (χ1n) is 9.41. The van der Waals surface area contributed by atoms with E-state index in [2.05, 4.69) is 51.3 Å². The van der Waals surface area contributed by atoms with Crippen LogP contribution in [-0.4, -0.2) is 72.3 Å². The highest BCUT2D eigenvalue weighted by atomic mass is 16.3.